The van der Waals surface area contributed by atoms with Gasteiger partial charge in [-0.25, -0.2) is 13.1 Å². The van der Waals surface area contributed by atoms with Crippen molar-refractivity contribution >= 4 is 27.3 Å². The fraction of sp³-hybridized carbons (Fsp3) is 0.571. The Labute approximate surface area is 132 Å². The summed E-state index contributed by atoms with van der Waals surface area (Å²) in [6, 6.07) is 2.87. The molecule has 3 N–H and O–H groups in total. The van der Waals surface area contributed by atoms with E-state index in [2.05, 4.69) is 23.5 Å². The molecule has 1 rings (SSSR count). The van der Waals surface area contributed by atoms with Crippen molar-refractivity contribution in [2.45, 2.75) is 32.1 Å². The molecule has 0 aromatic heterocycles. The Morgan fingerprint density at radius 3 is 2.48 bits per heavy atom. The third kappa shape index (κ3) is 5.14. The normalized spacial score (nSPS) is 12.0. The Morgan fingerprint density at radius 2 is 1.95 bits per heavy atom. The van der Waals surface area contributed by atoms with Gasteiger partial charge in [0.2, 0.25) is 10.0 Å². The van der Waals surface area contributed by atoms with Gasteiger partial charge in [0.1, 0.15) is 0 Å². The minimum absolute atomic E-state index is 0.106. The third-order valence-electron chi connectivity index (χ3n) is 3.38. The zero-order valence-corrected chi connectivity index (χ0v) is 14.4. The summed E-state index contributed by atoms with van der Waals surface area (Å²) in [5.41, 5.74) is 6.84. The molecule has 0 amide bonds. The lowest BCUT2D eigenvalue weighted by Crippen LogP contribution is -2.35. The van der Waals surface area contributed by atoms with E-state index in [1.54, 1.807) is 6.92 Å². The van der Waals surface area contributed by atoms with Crippen molar-refractivity contribution in [3.63, 3.8) is 0 Å². The molecule has 0 saturated heterocycles. The summed E-state index contributed by atoms with van der Waals surface area (Å²) in [6.07, 6.45) is 1.05. The summed E-state index contributed by atoms with van der Waals surface area (Å²) in [4.78, 5) is 2.30. The minimum atomic E-state index is -3.58. The van der Waals surface area contributed by atoms with Crippen LogP contribution in [0.3, 0.4) is 0 Å². The Bertz CT molecular complexity index is 553. The van der Waals surface area contributed by atoms with Crippen molar-refractivity contribution in [1.82, 2.24) is 9.62 Å². The van der Waals surface area contributed by atoms with Crippen LogP contribution in [0.25, 0.3) is 0 Å². The number of nitrogen functional groups attached to an aromatic ring is 1. The molecule has 0 atom stereocenters. The molecule has 0 heterocycles. The molecule has 0 radical (unpaired) electrons. The van der Waals surface area contributed by atoms with Crippen LogP contribution in [0.2, 0.25) is 5.02 Å². The lowest BCUT2D eigenvalue weighted by atomic mass is 10.2. The smallest absolute Gasteiger partial charge is 0.240 e. The highest BCUT2D eigenvalue weighted by atomic mass is 35.5. The van der Waals surface area contributed by atoms with Gasteiger partial charge in [-0.05, 0) is 44.1 Å². The molecule has 0 unspecified atom stereocenters. The topological polar surface area (TPSA) is 75.4 Å². The van der Waals surface area contributed by atoms with Gasteiger partial charge in [0, 0.05) is 23.8 Å². The summed E-state index contributed by atoms with van der Waals surface area (Å²) >= 11 is 5.99. The van der Waals surface area contributed by atoms with Crippen LogP contribution < -0.4 is 10.5 Å². The molecular formula is C14H24ClN3O2S. The lowest BCUT2D eigenvalue weighted by Gasteiger charge is -2.19. The highest BCUT2D eigenvalue weighted by molar-refractivity contribution is 7.89. The van der Waals surface area contributed by atoms with E-state index >= 15 is 0 Å². The van der Waals surface area contributed by atoms with Gasteiger partial charge in [0.15, 0.2) is 0 Å². The molecule has 1 aromatic rings. The maximum Gasteiger partial charge on any atom is 0.240 e. The van der Waals surface area contributed by atoms with Crippen molar-refractivity contribution in [3.8, 4) is 0 Å². The third-order valence-corrected chi connectivity index (χ3v) is 5.21. The van der Waals surface area contributed by atoms with E-state index in [4.69, 9.17) is 17.3 Å². The predicted molar refractivity (Wildman–Crippen MR) is 88.2 cm³/mol. The fourth-order valence-corrected chi connectivity index (χ4v) is 3.37. The monoisotopic (exact) mass is 333 g/mol. The number of halogens is 1. The first-order valence-electron chi connectivity index (χ1n) is 7.09. The van der Waals surface area contributed by atoms with Crippen LogP contribution >= 0.6 is 11.6 Å². The summed E-state index contributed by atoms with van der Waals surface area (Å²) in [7, 11) is -3.58. The minimum Gasteiger partial charge on any atom is -0.398 e. The van der Waals surface area contributed by atoms with E-state index in [9.17, 15) is 8.42 Å². The molecular weight excluding hydrogens is 310 g/mol. The number of likely N-dealkylation sites (N-methyl/N-ethyl adjacent to an activating group) is 1. The van der Waals surface area contributed by atoms with Crippen LogP contribution in [0.5, 0.6) is 0 Å². The summed E-state index contributed by atoms with van der Waals surface area (Å²) in [5, 5.41) is 0.358. The Balaban J connectivity index is 2.74. The molecule has 0 fully saturated rings. The second kappa shape index (κ2) is 7.98. The van der Waals surface area contributed by atoms with E-state index in [-0.39, 0.29) is 4.90 Å². The second-order valence-electron chi connectivity index (χ2n) is 4.95. The van der Waals surface area contributed by atoms with Crippen molar-refractivity contribution in [2.24, 2.45) is 0 Å². The number of hydrogen-bond donors (Lipinski definition) is 2. The molecule has 7 heteroatoms. The van der Waals surface area contributed by atoms with E-state index < -0.39 is 10.0 Å². The van der Waals surface area contributed by atoms with Gasteiger partial charge in [0.05, 0.1) is 4.90 Å². The number of sulfonamides is 1. The van der Waals surface area contributed by atoms with Gasteiger partial charge in [-0.2, -0.15) is 0 Å². The molecule has 120 valence electrons. The predicted octanol–water partition coefficient (Wildman–Crippen LogP) is 2.24. The number of hydrogen-bond acceptors (Lipinski definition) is 4. The molecule has 1 aromatic carbocycles. The number of rotatable bonds is 8. The zero-order valence-electron chi connectivity index (χ0n) is 12.8. The average molecular weight is 334 g/mol. The van der Waals surface area contributed by atoms with Gasteiger partial charge in [-0.1, -0.05) is 25.4 Å². The summed E-state index contributed by atoms with van der Waals surface area (Å²) < 4.78 is 27.1. The maximum absolute atomic E-state index is 12.2. The van der Waals surface area contributed by atoms with Crippen LogP contribution in [0.4, 0.5) is 5.69 Å². The van der Waals surface area contributed by atoms with E-state index in [1.807, 2.05) is 0 Å². The van der Waals surface area contributed by atoms with Gasteiger partial charge in [-0.3, -0.25) is 0 Å². The Kier molecular flexibility index (Phi) is 6.93. The highest BCUT2D eigenvalue weighted by Gasteiger charge is 2.16. The molecule has 0 saturated carbocycles. The molecule has 0 aliphatic heterocycles. The number of nitrogens with two attached hydrogens (primary N) is 1. The van der Waals surface area contributed by atoms with Gasteiger partial charge in [-0.15, -0.1) is 0 Å². The van der Waals surface area contributed by atoms with E-state index in [0.717, 1.165) is 19.5 Å². The van der Waals surface area contributed by atoms with E-state index in [1.165, 1.54) is 12.1 Å². The maximum atomic E-state index is 12.2. The van der Waals surface area contributed by atoms with Crippen LogP contribution in [0.1, 0.15) is 25.8 Å². The molecule has 0 aliphatic carbocycles. The SMILES string of the molecule is CCCN(CC)CCNS(=O)(=O)c1cc(N)c(C)c(Cl)c1. The van der Waals surface area contributed by atoms with Crippen molar-refractivity contribution in [2.75, 3.05) is 31.9 Å². The first-order valence-corrected chi connectivity index (χ1v) is 8.95. The molecule has 0 spiro atoms. The highest BCUT2D eigenvalue weighted by Crippen LogP contribution is 2.25. The number of nitrogens with one attached hydrogen (secondary N) is 1. The van der Waals surface area contributed by atoms with Gasteiger partial charge >= 0.3 is 0 Å². The zero-order chi connectivity index (χ0) is 16.0. The van der Waals surface area contributed by atoms with Crippen molar-refractivity contribution < 1.29 is 8.42 Å². The molecule has 0 bridgehead atoms. The van der Waals surface area contributed by atoms with Crippen molar-refractivity contribution in [3.05, 3.63) is 22.7 Å². The summed E-state index contributed by atoms with van der Waals surface area (Å²) in [5.74, 6) is 0. The molecule has 5 nitrogen and oxygen atoms in total. The van der Waals surface area contributed by atoms with Crippen LogP contribution in [0, 0.1) is 6.92 Å². The molecule has 0 aliphatic rings. The average Bonchev–Trinajstić information content (AvgIpc) is 2.43. The Morgan fingerprint density at radius 1 is 1.29 bits per heavy atom. The number of benzene rings is 1. The largest absolute Gasteiger partial charge is 0.398 e. The number of nitrogens with zero attached hydrogens (tertiary/aromatic N) is 1. The van der Waals surface area contributed by atoms with Gasteiger partial charge in [0.25, 0.3) is 0 Å². The van der Waals surface area contributed by atoms with Crippen LogP contribution in [-0.4, -0.2) is 39.5 Å². The first kappa shape index (κ1) is 18.2. The van der Waals surface area contributed by atoms with Crippen LogP contribution in [-0.2, 0) is 10.0 Å². The Hall–Kier alpha value is -0.820. The molecule has 21 heavy (non-hydrogen) atoms. The lowest BCUT2D eigenvalue weighted by molar-refractivity contribution is 0.293. The quantitative estimate of drug-likeness (QED) is 0.715. The number of anilines is 1. The van der Waals surface area contributed by atoms with Gasteiger partial charge < -0.3 is 10.6 Å². The fourth-order valence-electron chi connectivity index (χ4n) is 2.00. The second-order valence-corrected chi connectivity index (χ2v) is 7.13. The first-order chi connectivity index (χ1) is 9.81. The summed E-state index contributed by atoms with van der Waals surface area (Å²) in [6.45, 7) is 8.82. The van der Waals surface area contributed by atoms with E-state index in [0.29, 0.717) is 29.4 Å². The van der Waals surface area contributed by atoms with Crippen LogP contribution in [0.15, 0.2) is 17.0 Å². The van der Waals surface area contributed by atoms with Crippen molar-refractivity contribution in [1.29, 1.82) is 0 Å². The standard InChI is InChI=1S/C14H24ClN3O2S/c1-4-7-18(5-2)8-6-17-21(19,20)12-9-13(15)11(3)14(16)10-12/h9-10,17H,4-8,16H2,1-3H3.